The zero-order valence-corrected chi connectivity index (χ0v) is 13.1. The summed E-state index contributed by atoms with van der Waals surface area (Å²) < 4.78 is 16.6. The van der Waals surface area contributed by atoms with Gasteiger partial charge in [-0.15, -0.1) is 0 Å². The predicted molar refractivity (Wildman–Crippen MR) is 83.1 cm³/mol. The first-order valence-corrected chi connectivity index (χ1v) is 7.21. The highest BCUT2D eigenvalue weighted by molar-refractivity contribution is 5.44. The lowest BCUT2D eigenvalue weighted by Crippen LogP contribution is -2.23. The quantitative estimate of drug-likeness (QED) is 0.844. The van der Waals surface area contributed by atoms with Crippen LogP contribution in [-0.2, 0) is 0 Å². The van der Waals surface area contributed by atoms with Crippen LogP contribution in [0.25, 0.3) is 0 Å². The Morgan fingerprint density at radius 2 is 1.95 bits per heavy atom. The summed E-state index contributed by atoms with van der Waals surface area (Å²) in [6.07, 6.45) is 1.04. The molecule has 4 heteroatoms. The average molecular weight is 289 g/mol. The molecule has 0 amide bonds. The van der Waals surface area contributed by atoms with E-state index in [1.54, 1.807) is 14.2 Å². The van der Waals surface area contributed by atoms with Gasteiger partial charge in [-0.1, -0.05) is 6.92 Å². The van der Waals surface area contributed by atoms with Gasteiger partial charge >= 0.3 is 0 Å². The number of methoxy groups -OCH3 is 2. The third-order valence-electron chi connectivity index (χ3n) is 3.39. The third-order valence-corrected chi connectivity index (χ3v) is 3.39. The van der Waals surface area contributed by atoms with E-state index in [1.165, 1.54) is 0 Å². The van der Waals surface area contributed by atoms with Gasteiger partial charge in [0.25, 0.3) is 0 Å². The summed E-state index contributed by atoms with van der Waals surface area (Å²) in [7, 11) is 3.34. The Labute approximate surface area is 126 Å². The van der Waals surface area contributed by atoms with Gasteiger partial charge in [0.15, 0.2) is 0 Å². The van der Waals surface area contributed by atoms with Gasteiger partial charge in [-0.25, -0.2) is 0 Å². The van der Waals surface area contributed by atoms with Gasteiger partial charge in [-0.2, -0.15) is 0 Å². The fourth-order valence-electron chi connectivity index (χ4n) is 2.33. The smallest absolute Gasteiger partial charge is 0.125 e. The normalized spacial score (nSPS) is 12.2. The molecule has 1 aromatic heterocycles. The van der Waals surface area contributed by atoms with E-state index < -0.39 is 0 Å². The van der Waals surface area contributed by atoms with Crippen molar-refractivity contribution in [3.05, 3.63) is 47.4 Å². The van der Waals surface area contributed by atoms with Gasteiger partial charge in [0, 0.05) is 5.56 Å². The molecule has 0 saturated carbocycles. The van der Waals surface area contributed by atoms with Gasteiger partial charge < -0.3 is 19.2 Å². The van der Waals surface area contributed by atoms with Crippen molar-refractivity contribution in [2.45, 2.75) is 26.3 Å². The lowest BCUT2D eigenvalue weighted by molar-refractivity contribution is 0.382. The van der Waals surface area contributed by atoms with Crippen molar-refractivity contribution in [1.29, 1.82) is 0 Å². The Kier molecular flexibility index (Phi) is 5.28. The van der Waals surface area contributed by atoms with Gasteiger partial charge in [-0.3, -0.25) is 0 Å². The molecular formula is C17H23NO3. The molecule has 0 saturated heterocycles. The summed E-state index contributed by atoms with van der Waals surface area (Å²) in [6, 6.07) is 9.73. The maximum atomic E-state index is 5.81. The maximum absolute atomic E-state index is 5.81. The van der Waals surface area contributed by atoms with Crippen LogP contribution >= 0.6 is 0 Å². The Morgan fingerprint density at radius 3 is 2.52 bits per heavy atom. The number of nitrogens with one attached hydrogen (secondary N) is 1. The molecule has 114 valence electrons. The average Bonchev–Trinajstić information content (AvgIpc) is 2.93. The number of aryl methyl sites for hydroxylation is 1. The number of benzene rings is 1. The van der Waals surface area contributed by atoms with E-state index in [0.717, 1.165) is 41.5 Å². The summed E-state index contributed by atoms with van der Waals surface area (Å²) in [5.74, 6) is 3.40. The molecule has 1 atom stereocenters. The first-order valence-electron chi connectivity index (χ1n) is 7.21. The van der Waals surface area contributed by atoms with Crippen molar-refractivity contribution in [2.24, 2.45) is 0 Å². The maximum Gasteiger partial charge on any atom is 0.125 e. The van der Waals surface area contributed by atoms with Crippen LogP contribution in [0.3, 0.4) is 0 Å². The van der Waals surface area contributed by atoms with E-state index in [-0.39, 0.29) is 6.04 Å². The SMILES string of the molecule is CCCNC(c1ccc(C)o1)c1cc(OC)ccc1OC. The minimum atomic E-state index is -0.0521. The number of rotatable bonds is 7. The Balaban J connectivity index is 2.44. The number of ether oxygens (including phenoxy) is 2. The summed E-state index contributed by atoms with van der Waals surface area (Å²) in [5.41, 5.74) is 1.01. The van der Waals surface area contributed by atoms with E-state index in [4.69, 9.17) is 13.9 Å². The molecule has 1 unspecified atom stereocenters. The van der Waals surface area contributed by atoms with Crippen LogP contribution in [0.5, 0.6) is 11.5 Å². The van der Waals surface area contributed by atoms with Crippen molar-refractivity contribution >= 4 is 0 Å². The van der Waals surface area contributed by atoms with Crippen LogP contribution < -0.4 is 14.8 Å². The molecule has 0 fully saturated rings. The second-order valence-corrected chi connectivity index (χ2v) is 4.94. The van der Waals surface area contributed by atoms with E-state index >= 15 is 0 Å². The predicted octanol–water partition coefficient (Wildman–Crippen LogP) is 3.69. The second kappa shape index (κ2) is 7.18. The molecule has 1 heterocycles. The molecule has 0 aliphatic carbocycles. The Bertz CT molecular complexity index is 577. The zero-order valence-electron chi connectivity index (χ0n) is 13.1. The molecule has 2 aromatic rings. The monoisotopic (exact) mass is 289 g/mol. The number of hydrogen-bond donors (Lipinski definition) is 1. The fraction of sp³-hybridized carbons (Fsp3) is 0.412. The van der Waals surface area contributed by atoms with Crippen molar-refractivity contribution in [3.63, 3.8) is 0 Å². The lowest BCUT2D eigenvalue weighted by atomic mass is 10.0. The number of hydrogen-bond acceptors (Lipinski definition) is 4. The van der Waals surface area contributed by atoms with Crippen molar-refractivity contribution in [1.82, 2.24) is 5.32 Å². The highest BCUT2D eigenvalue weighted by Gasteiger charge is 2.21. The van der Waals surface area contributed by atoms with Crippen LogP contribution in [0.1, 0.15) is 36.5 Å². The minimum Gasteiger partial charge on any atom is -0.497 e. The molecule has 4 nitrogen and oxygen atoms in total. The molecule has 0 radical (unpaired) electrons. The standard InChI is InChI=1S/C17H23NO3/c1-5-10-18-17(16-8-6-12(2)21-16)14-11-13(19-3)7-9-15(14)20-4/h6-9,11,17-18H,5,10H2,1-4H3. The van der Waals surface area contributed by atoms with E-state index in [2.05, 4.69) is 12.2 Å². The molecule has 1 aromatic carbocycles. The van der Waals surface area contributed by atoms with Gasteiger partial charge in [0.05, 0.1) is 20.3 Å². The van der Waals surface area contributed by atoms with Gasteiger partial charge in [0.2, 0.25) is 0 Å². The van der Waals surface area contributed by atoms with Crippen LogP contribution in [0.15, 0.2) is 34.7 Å². The third kappa shape index (κ3) is 3.58. The number of furan rings is 1. The summed E-state index contributed by atoms with van der Waals surface area (Å²) in [6.45, 7) is 4.98. The lowest BCUT2D eigenvalue weighted by Gasteiger charge is -2.20. The highest BCUT2D eigenvalue weighted by atomic mass is 16.5. The van der Waals surface area contributed by atoms with Crippen molar-refractivity contribution in [3.8, 4) is 11.5 Å². The van der Waals surface area contributed by atoms with Gasteiger partial charge in [-0.05, 0) is 50.2 Å². The van der Waals surface area contributed by atoms with Crippen LogP contribution in [0.2, 0.25) is 0 Å². The first-order chi connectivity index (χ1) is 10.2. The molecule has 1 N–H and O–H groups in total. The molecule has 0 aliphatic heterocycles. The van der Waals surface area contributed by atoms with Crippen molar-refractivity contribution < 1.29 is 13.9 Å². The molecule has 2 rings (SSSR count). The summed E-state index contributed by atoms with van der Waals surface area (Å²) in [4.78, 5) is 0. The summed E-state index contributed by atoms with van der Waals surface area (Å²) >= 11 is 0. The highest BCUT2D eigenvalue weighted by Crippen LogP contribution is 2.33. The Morgan fingerprint density at radius 1 is 1.14 bits per heavy atom. The zero-order chi connectivity index (χ0) is 15.2. The molecule has 21 heavy (non-hydrogen) atoms. The van der Waals surface area contributed by atoms with Crippen molar-refractivity contribution in [2.75, 3.05) is 20.8 Å². The largest absolute Gasteiger partial charge is 0.497 e. The topological polar surface area (TPSA) is 43.6 Å². The van der Waals surface area contributed by atoms with Crippen LogP contribution in [0.4, 0.5) is 0 Å². The van der Waals surface area contributed by atoms with E-state index in [0.29, 0.717) is 0 Å². The van der Waals surface area contributed by atoms with E-state index in [9.17, 15) is 0 Å². The van der Waals surface area contributed by atoms with Crippen LogP contribution in [-0.4, -0.2) is 20.8 Å². The molecule has 0 spiro atoms. The van der Waals surface area contributed by atoms with E-state index in [1.807, 2.05) is 37.3 Å². The Hall–Kier alpha value is -1.94. The molecular weight excluding hydrogens is 266 g/mol. The van der Waals surface area contributed by atoms with Gasteiger partial charge in [0.1, 0.15) is 23.0 Å². The fourth-order valence-corrected chi connectivity index (χ4v) is 2.33. The minimum absolute atomic E-state index is 0.0521. The molecule has 0 bridgehead atoms. The first kappa shape index (κ1) is 15.4. The summed E-state index contributed by atoms with van der Waals surface area (Å²) in [5, 5.41) is 3.51. The second-order valence-electron chi connectivity index (χ2n) is 4.94. The van der Waals surface area contributed by atoms with Crippen LogP contribution in [0, 0.1) is 6.92 Å². The molecule has 0 aliphatic rings.